The van der Waals surface area contributed by atoms with Crippen molar-refractivity contribution in [2.75, 3.05) is 0 Å². The minimum Gasteiger partial charge on any atom is -0.206 e. The second-order valence-corrected chi connectivity index (χ2v) is 3.78. The van der Waals surface area contributed by atoms with Crippen molar-refractivity contribution in [1.29, 1.82) is 0 Å². The van der Waals surface area contributed by atoms with Gasteiger partial charge in [0.15, 0.2) is 0 Å². The van der Waals surface area contributed by atoms with Crippen molar-refractivity contribution < 1.29 is 4.39 Å². The zero-order chi connectivity index (χ0) is 7.14. The summed E-state index contributed by atoms with van der Waals surface area (Å²) in [4.78, 5) is 1.28. The molecule has 0 spiro atoms. The van der Waals surface area contributed by atoms with Crippen LogP contribution in [-0.2, 0) is 6.42 Å². The zero-order valence-corrected chi connectivity index (χ0v) is 6.67. The van der Waals surface area contributed by atoms with Crippen LogP contribution in [0.25, 0.3) is 0 Å². The molecular formula is C8H9FS. The van der Waals surface area contributed by atoms with E-state index in [0.717, 1.165) is 18.4 Å². The largest absolute Gasteiger partial charge is 0.206 e. The second kappa shape index (κ2) is 2.06. The molecule has 0 N–H and O–H groups in total. The molecule has 0 bridgehead atoms. The van der Waals surface area contributed by atoms with E-state index in [1.807, 2.05) is 0 Å². The van der Waals surface area contributed by atoms with Gasteiger partial charge in [0.25, 0.3) is 0 Å². The van der Waals surface area contributed by atoms with Gasteiger partial charge in [-0.05, 0) is 18.8 Å². The fourth-order valence-corrected chi connectivity index (χ4v) is 2.59. The van der Waals surface area contributed by atoms with E-state index >= 15 is 0 Å². The van der Waals surface area contributed by atoms with Crippen LogP contribution in [0.5, 0.6) is 0 Å². The molecule has 0 radical (unpaired) electrons. The van der Waals surface area contributed by atoms with Crippen LogP contribution in [0.3, 0.4) is 0 Å². The second-order valence-electron chi connectivity index (χ2n) is 2.87. The summed E-state index contributed by atoms with van der Waals surface area (Å²) in [7, 11) is 0. The Labute approximate surface area is 63.7 Å². The lowest BCUT2D eigenvalue weighted by Gasteiger charge is -1.95. The molecule has 2 rings (SSSR count). The molecule has 0 aliphatic heterocycles. The van der Waals surface area contributed by atoms with Crippen LogP contribution < -0.4 is 0 Å². The molecule has 1 aliphatic carbocycles. The van der Waals surface area contributed by atoms with Crippen molar-refractivity contribution in [3.05, 3.63) is 21.6 Å². The molecule has 0 saturated carbocycles. The smallest absolute Gasteiger partial charge is 0.137 e. The van der Waals surface area contributed by atoms with E-state index in [2.05, 4.69) is 6.92 Å². The summed E-state index contributed by atoms with van der Waals surface area (Å²) in [6.07, 6.45) is 2.09. The van der Waals surface area contributed by atoms with Gasteiger partial charge in [-0.15, -0.1) is 11.3 Å². The molecule has 1 aromatic rings. The van der Waals surface area contributed by atoms with Gasteiger partial charge in [-0.3, -0.25) is 0 Å². The van der Waals surface area contributed by atoms with E-state index in [4.69, 9.17) is 0 Å². The van der Waals surface area contributed by atoms with E-state index in [-0.39, 0.29) is 5.82 Å². The van der Waals surface area contributed by atoms with Gasteiger partial charge < -0.3 is 0 Å². The van der Waals surface area contributed by atoms with Crippen molar-refractivity contribution in [3.8, 4) is 0 Å². The molecule has 1 aliphatic rings. The summed E-state index contributed by atoms with van der Waals surface area (Å²) in [5, 5.41) is 1.63. The van der Waals surface area contributed by atoms with E-state index < -0.39 is 0 Å². The summed E-state index contributed by atoms with van der Waals surface area (Å²) in [5.41, 5.74) is 0.984. The average molecular weight is 156 g/mol. The SMILES string of the molecule is CC1CCc2c(F)csc21. The van der Waals surface area contributed by atoms with Gasteiger partial charge in [0.05, 0.1) is 0 Å². The van der Waals surface area contributed by atoms with Gasteiger partial charge in [-0.2, -0.15) is 0 Å². The summed E-state index contributed by atoms with van der Waals surface area (Å²) in [6, 6.07) is 0. The topological polar surface area (TPSA) is 0 Å². The molecule has 1 aromatic heterocycles. The number of hydrogen-bond acceptors (Lipinski definition) is 1. The predicted octanol–water partition coefficient (Wildman–Crippen LogP) is 2.94. The van der Waals surface area contributed by atoms with Gasteiger partial charge in [-0.25, -0.2) is 4.39 Å². The van der Waals surface area contributed by atoms with Crippen LogP contribution >= 0.6 is 11.3 Å². The fourth-order valence-electron chi connectivity index (χ4n) is 1.52. The van der Waals surface area contributed by atoms with E-state index in [1.165, 1.54) is 4.88 Å². The molecule has 10 heavy (non-hydrogen) atoms. The molecule has 1 heterocycles. The first kappa shape index (κ1) is 6.35. The zero-order valence-electron chi connectivity index (χ0n) is 5.86. The highest BCUT2D eigenvalue weighted by molar-refractivity contribution is 7.10. The Bertz CT molecular complexity index is 252. The first-order valence-corrected chi connectivity index (χ1v) is 4.42. The van der Waals surface area contributed by atoms with E-state index in [1.54, 1.807) is 16.7 Å². The maximum atomic E-state index is 12.8. The van der Waals surface area contributed by atoms with Crippen molar-refractivity contribution in [2.45, 2.75) is 25.7 Å². The average Bonchev–Trinajstić information content (AvgIpc) is 2.41. The lowest BCUT2D eigenvalue weighted by Crippen LogP contribution is -1.78. The Morgan fingerprint density at radius 2 is 2.50 bits per heavy atom. The van der Waals surface area contributed by atoms with Crippen molar-refractivity contribution >= 4 is 11.3 Å². The highest BCUT2D eigenvalue weighted by Gasteiger charge is 2.23. The molecule has 2 heteroatoms. The van der Waals surface area contributed by atoms with Crippen LogP contribution in [-0.4, -0.2) is 0 Å². The maximum Gasteiger partial charge on any atom is 0.137 e. The van der Waals surface area contributed by atoms with Gasteiger partial charge in [0, 0.05) is 15.8 Å². The lowest BCUT2D eigenvalue weighted by molar-refractivity contribution is 0.617. The van der Waals surface area contributed by atoms with E-state index in [9.17, 15) is 4.39 Å². The van der Waals surface area contributed by atoms with Gasteiger partial charge in [-0.1, -0.05) is 6.92 Å². The maximum absolute atomic E-state index is 12.8. The lowest BCUT2D eigenvalue weighted by atomic mass is 10.2. The van der Waals surface area contributed by atoms with Crippen molar-refractivity contribution in [1.82, 2.24) is 0 Å². The van der Waals surface area contributed by atoms with Crippen LogP contribution in [0, 0.1) is 5.82 Å². The third-order valence-electron chi connectivity index (χ3n) is 2.15. The van der Waals surface area contributed by atoms with Gasteiger partial charge >= 0.3 is 0 Å². The standard InChI is InChI=1S/C8H9FS/c1-5-2-3-6-7(9)4-10-8(5)6/h4-5H,2-3H2,1H3. The Morgan fingerprint density at radius 3 is 3.20 bits per heavy atom. The molecule has 0 amide bonds. The molecule has 0 nitrogen and oxygen atoms in total. The first-order valence-electron chi connectivity index (χ1n) is 3.55. The molecule has 54 valence electrons. The van der Waals surface area contributed by atoms with Crippen LogP contribution in [0.15, 0.2) is 5.38 Å². The van der Waals surface area contributed by atoms with Gasteiger partial charge in [0.2, 0.25) is 0 Å². The third-order valence-corrected chi connectivity index (χ3v) is 3.38. The van der Waals surface area contributed by atoms with Crippen molar-refractivity contribution in [3.63, 3.8) is 0 Å². The number of fused-ring (bicyclic) bond motifs is 1. The van der Waals surface area contributed by atoms with Crippen LogP contribution in [0.2, 0.25) is 0 Å². The monoisotopic (exact) mass is 156 g/mol. The molecule has 1 atom stereocenters. The van der Waals surface area contributed by atoms with Gasteiger partial charge in [0.1, 0.15) is 5.82 Å². The third kappa shape index (κ3) is 0.717. The Kier molecular flexibility index (Phi) is 1.31. The molecule has 0 fully saturated rings. The normalized spacial score (nSPS) is 23.2. The summed E-state index contributed by atoms with van der Waals surface area (Å²) in [5.74, 6) is 0.619. The minimum absolute atomic E-state index is 0.0179. The Hall–Kier alpha value is -0.370. The fraction of sp³-hybridized carbons (Fsp3) is 0.500. The number of hydrogen-bond donors (Lipinski definition) is 0. The number of rotatable bonds is 0. The molecular weight excluding hydrogens is 147 g/mol. The number of thiophene rings is 1. The van der Waals surface area contributed by atoms with Crippen LogP contribution in [0.1, 0.15) is 29.7 Å². The van der Waals surface area contributed by atoms with E-state index in [0.29, 0.717) is 5.92 Å². The highest BCUT2D eigenvalue weighted by Crippen LogP contribution is 2.38. The minimum atomic E-state index is 0.0179. The quantitative estimate of drug-likeness (QED) is 0.541. The number of halogens is 1. The molecule has 1 unspecified atom stereocenters. The Morgan fingerprint density at radius 1 is 1.70 bits per heavy atom. The molecule has 0 aromatic carbocycles. The van der Waals surface area contributed by atoms with Crippen LogP contribution in [0.4, 0.5) is 4.39 Å². The first-order chi connectivity index (χ1) is 4.79. The Balaban J connectivity index is 2.53. The summed E-state index contributed by atoms with van der Waals surface area (Å²) < 4.78 is 12.8. The molecule has 0 saturated heterocycles. The van der Waals surface area contributed by atoms with Crippen molar-refractivity contribution in [2.24, 2.45) is 0 Å². The summed E-state index contributed by atoms with van der Waals surface area (Å²) >= 11 is 1.57. The predicted molar refractivity (Wildman–Crippen MR) is 41.0 cm³/mol. The summed E-state index contributed by atoms with van der Waals surface area (Å²) in [6.45, 7) is 2.17. The highest BCUT2D eigenvalue weighted by atomic mass is 32.1.